The number of halogens is 2. The Morgan fingerprint density at radius 2 is 2.00 bits per heavy atom. The van der Waals surface area contributed by atoms with Gasteiger partial charge in [0, 0.05) is 0 Å². The molecule has 3 nitrogen and oxygen atoms in total. The smallest absolute Gasteiger partial charge is 0.298 e. The van der Waals surface area contributed by atoms with E-state index in [-0.39, 0.29) is 13.2 Å². The van der Waals surface area contributed by atoms with Gasteiger partial charge in [0.15, 0.2) is 11.9 Å². The van der Waals surface area contributed by atoms with Crippen LogP contribution in [0.15, 0.2) is 30.3 Å². The maximum atomic E-state index is 13.8. The van der Waals surface area contributed by atoms with Crippen molar-refractivity contribution in [2.45, 2.75) is 38.3 Å². The molecule has 0 saturated carbocycles. The Hall–Kier alpha value is -1.04. The average Bonchev–Trinajstić information content (AvgIpc) is 2.72. The van der Waals surface area contributed by atoms with Crippen LogP contribution < -0.4 is 0 Å². The highest BCUT2D eigenvalue weighted by Crippen LogP contribution is 2.32. The van der Waals surface area contributed by atoms with E-state index in [0.717, 1.165) is 5.56 Å². The number of ether oxygens (including phenoxy) is 3. The van der Waals surface area contributed by atoms with Crippen LogP contribution in [-0.4, -0.2) is 31.0 Å². The van der Waals surface area contributed by atoms with Crippen molar-refractivity contribution in [2.75, 3.05) is 13.2 Å². The fourth-order valence-corrected chi connectivity index (χ4v) is 1.87. The van der Waals surface area contributed by atoms with Crippen molar-refractivity contribution in [1.29, 1.82) is 0 Å². The Balaban J connectivity index is 1.81. The van der Waals surface area contributed by atoms with Crippen LogP contribution in [0.4, 0.5) is 8.78 Å². The normalized spacial score (nSPS) is 22.6. The van der Waals surface area contributed by atoms with Crippen LogP contribution in [0.5, 0.6) is 0 Å². The standard InChI is InChI=1S/C14H18F2O3/c1-13(2)18-9-12(19-13)14(15,16)10-17-8-11-6-4-3-5-7-11/h3-7,12H,8-10H2,1-2H3/t12-/m0/s1. The quantitative estimate of drug-likeness (QED) is 0.824. The lowest BCUT2D eigenvalue weighted by Gasteiger charge is -2.23. The summed E-state index contributed by atoms with van der Waals surface area (Å²) in [6, 6.07) is 9.21. The predicted octanol–water partition coefficient (Wildman–Crippen LogP) is 2.99. The van der Waals surface area contributed by atoms with Gasteiger partial charge in [0.25, 0.3) is 5.92 Å². The molecule has 1 atom stereocenters. The molecule has 0 bridgehead atoms. The molecule has 1 aromatic rings. The molecule has 1 saturated heterocycles. The van der Waals surface area contributed by atoms with Gasteiger partial charge in [0.2, 0.25) is 0 Å². The number of alkyl halides is 2. The number of rotatable bonds is 5. The lowest BCUT2D eigenvalue weighted by atomic mass is 10.2. The largest absolute Gasteiger partial charge is 0.370 e. The second-order valence-electron chi connectivity index (χ2n) is 5.06. The SMILES string of the molecule is CC1(C)OC[C@@H](C(F)(F)COCc2ccccc2)O1. The molecule has 1 aliphatic rings. The minimum absolute atomic E-state index is 0.116. The highest BCUT2D eigenvalue weighted by molar-refractivity contribution is 5.13. The minimum atomic E-state index is -3.05. The molecular weight excluding hydrogens is 254 g/mol. The van der Waals surface area contributed by atoms with E-state index in [9.17, 15) is 8.78 Å². The maximum absolute atomic E-state index is 13.8. The van der Waals surface area contributed by atoms with Gasteiger partial charge in [-0.2, -0.15) is 0 Å². The highest BCUT2D eigenvalue weighted by Gasteiger charge is 2.48. The van der Waals surface area contributed by atoms with E-state index in [4.69, 9.17) is 14.2 Å². The summed E-state index contributed by atoms with van der Waals surface area (Å²) in [5, 5.41) is 0. The lowest BCUT2D eigenvalue weighted by molar-refractivity contribution is -0.198. The number of hydrogen-bond acceptors (Lipinski definition) is 3. The van der Waals surface area contributed by atoms with Crippen LogP contribution in [0.3, 0.4) is 0 Å². The molecule has 0 aliphatic carbocycles. The molecule has 0 radical (unpaired) electrons. The van der Waals surface area contributed by atoms with E-state index in [1.165, 1.54) is 0 Å². The summed E-state index contributed by atoms with van der Waals surface area (Å²) < 4.78 is 43.1. The zero-order valence-electron chi connectivity index (χ0n) is 11.1. The molecule has 1 heterocycles. The van der Waals surface area contributed by atoms with Gasteiger partial charge in [-0.1, -0.05) is 30.3 Å². The average molecular weight is 272 g/mol. The Kier molecular flexibility index (Phi) is 4.18. The first-order chi connectivity index (χ1) is 8.89. The van der Waals surface area contributed by atoms with Crippen molar-refractivity contribution in [1.82, 2.24) is 0 Å². The second-order valence-corrected chi connectivity index (χ2v) is 5.06. The Morgan fingerprint density at radius 3 is 2.58 bits per heavy atom. The van der Waals surface area contributed by atoms with Gasteiger partial charge >= 0.3 is 0 Å². The third-order valence-electron chi connectivity index (χ3n) is 2.89. The third kappa shape index (κ3) is 3.96. The van der Waals surface area contributed by atoms with Gasteiger partial charge in [-0.15, -0.1) is 0 Å². The topological polar surface area (TPSA) is 27.7 Å². The van der Waals surface area contributed by atoms with Crippen LogP contribution >= 0.6 is 0 Å². The predicted molar refractivity (Wildman–Crippen MR) is 65.9 cm³/mol. The first-order valence-electron chi connectivity index (χ1n) is 6.20. The van der Waals surface area contributed by atoms with E-state index in [1.54, 1.807) is 13.8 Å². The van der Waals surface area contributed by atoms with Crippen molar-refractivity contribution < 1.29 is 23.0 Å². The van der Waals surface area contributed by atoms with Gasteiger partial charge in [0.05, 0.1) is 13.2 Å². The van der Waals surface area contributed by atoms with Gasteiger partial charge in [-0.3, -0.25) is 0 Å². The monoisotopic (exact) mass is 272 g/mol. The molecule has 0 spiro atoms. The van der Waals surface area contributed by atoms with E-state index in [1.807, 2.05) is 30.3 Å². The second kappa shape index (κ2) is 5.53. The summed E-state index contributed by atoms with van der Waals surface area (Å²) in [5.74, 6) is -4.00. The minimum Gasteiger partial charge on any atom is -0.370 e. The summed E-state index contributed by atoms with van der Waals surface area (Å²) in [7, 11) is 0. The Bertz CT molecular complexity index is 406. The van der Waals surface area contributed by atoms with Crippen LogP contribution in [0, 0.1) is 0 Å². The Labute approximate surface area is 111 Å². The summed E-state index contributed by atoms with van der Waals surface area (Å²) in [6.07, 6.45) is -1.25. The summed E-state index contributed by atoms with van der Waals surface area (Å²) in [4.78, 5) is 0. The first-order valence-corrected chi connectivity index (χ1v) is 6.20. The Morgan fingerprint density at radius 1 is 1.32 bits per heavy atom. The molecule has 0 amide bonds. The van der Waals surface area contributed by atoms with Crippen molar-refractivity contribution in [3.05, 3.63) is 35.9 Å². The number of benzene rings is 1. The number of hydrogen-bond donors (Lipinski definition) is 0. The van der Waals surface area contributed by atoms with Gasteiger partial charge in [-0.05, 0) is 19.4 Å². The van der Waals surface area contributed by atoms with Crippen LogP contribution in [0.2, 0.25) is 0 Å². The fraction of sp³-hybridized carbons (Fsp3) is 0.571. The summed E-state index contributed by atoms with van der Waals surface area (Å²) in [6.45, 7) is 2.61. The molecule has 5 heteroatoms. The first kappa shape index (κ1) is 14.4. The molecule has 1 fully saturated rings. The van der Waals surface area contributed by atoms with Crippen molar-refractivity contribution in [3.8, 4) is 0 Å². The molecule has 0 aromatic heterocycles. The van der Waals surface area contributed by atoms with Crippen molar-refractivity contribution in [3.63, 3.8) is 0 Å². The van der Waals surface area contributed by atoms with Gasteiger partial charge in [0.1, 0.15) is 6.61 Å². The van der Waals surface area contributed by atoms with Crippen LogP contribution in [-0.2, 0) is 20.8 Å². The summed E-state index contributed by atoms with van der Waals surface area (Å²) in [5.41, 5.74) is 0.863. The molecule has 1 aliphatic heterocycles. The van der Waals surface area contributed by atoms with Crippen molar-refractivity contribution >= 4 is 0 Å². The molecule has 0 N–H and O–H groups in total. The van der Waals surface area contributed by atoms with Crippen LogP contribution in [0.25, 0.3) is 0 Å². The zero-order valence-corrected chi connectivity index (χ0v) is 11.1. The van der Waals surface area contributed by atoms with Crippen LogP contribution in [0.1, 0.15) is 19.4 Å². The molecule has 106 valence electrons. The van der Waals surface area contributed by atoms with E-state index < -0.39 is 24.4 Å². The van der Waals surface area contributed by atoms with E-state index >= 15 is 0 Å². The fourth-order valence-electron chi connectivity index (χ4n) is 1.87. The molecule has 2 rings (SSSR count). The lowest BCUT2D eigenvalue weighted by Crippen LogP contribution is -2.40. The zero-order chi connectivity index (χ0) is 13.9. The van der Waals surface area contributed by atoms with Crippen molar-refractivity contribution in [2.24, 2.45) is 0 Å². The summed E-state index contributed by atoms with van der Waals surface area (Å²) >= 11 is 0. The van der Waals surface area contributed by atoms with Gasteiger partial charge in [-0.25, -0.2) is 8.78 Å². The maximum Gasteiger partial charge on any atom is 0.298 e. The van der Waals surface area contributed by atoms with E-state index in [0.29, 0.717) is 0 Å². The van der Waals surface area contributed by atoms with E-state index in [2.05, 4.69) is 0 Å². The van der Waals surface area contributed by atoms with Gasteiger partial charge < -0.3 is 14.2 Å². The molecular formula is C14H18F2O3. The molecule has 19 heavy (non-hydrogen) atoms. The molecule has 1 aromatic carbocycles. The third-order valence-corrected chi connectivity index (χ3v) is 2.89. The molecule has 0 unspecified atom stereocenters. The highest BCUT2D eigenvalue weighted by atomic mass is 19.3.